The van der Waals surface area contributed by atoms with Gasteiger partial charge in [0, 0.05) is 45.3 Å². The molecule has 0 saturated carbocycles. The number of anilines is 2. The number of piperidine rings is 1. The molecule has 0 unspecified atom stereocenters. The highest BCUT2D eigenvalue weighted by atomic mass is 16.6. The lowest BCUT2D eigenvalue weighted by molar-refractivity contribution is 0.00901. The van der Waals surface area contributed by atoms with E-state index in [4.69, 9.17) is 10.5 Å². The van der Waals surface area contributed by atoms with Gasteiger partial charge in [0.25, 0.3) is 0 Å². The zero-order valence-corrected chi connectivity index (χ0v) is 16.0. The minimum atomic E-state index is -0.438. The zero-order valence-electron chi connectivity index (χ0n) is 16.0. The van der Waals surface area contributed by atoms with Gasteiger partial charge in [-0.05, 0) is 33.6 Å². The molecule has 2 fully saturated rings. The van der Waals surface area contributed by atoms with Crippen LogP contribution < -0.4 is 10.6 Å². The van der Waals surface area contributed by atoms with Gasteiger partial charge in [0.1, 0.15) is 17.2 Å². The average Bonchev–Trinajstić information content (AvgIpc) is 2.61. The highest BCUT2D eigenvalue weighted by molar-refractivity contribution is 5.68. The van der Waals surface area contributed by atoms with Gasteiger partial charge in [0.15, 0.2) is 0 Å². The Balaban J connectivity index is 1.45. The number of carbonyl (C=O) groups is 1. The number of hydrogen-bond acceptors (Lipinski definition) is 7. The Kier molecular flexibility index (Phi) is 5.50. The van der Waals surface area contributed by atoms with Crippen molar-refractivity contribution in [1.29, 1.82) is 0 Å². The molecule has 0 aliphatic carbocycles. The third kappa shape index (κ3) is 4.75. The van der Waals surface area contributed by atoms with E-state index in [1.807, 2.05) is 25.7 Å². The molecule has 2 aliphatic heterocycles. The van der Waals surface area contributed by atoms with Gasteiger partial charge in [-0.15, -0.1) is 0 Å². The number of amides is 1. The fraction of sp³-hybridized carbons (Fsp3) is 0.722. The molecule has 2 N–H and O–H groups in total. The van der Waals surface area contributed by atoms with E-state index in [1.54, 1.807) is 12.4 Å². The van der Waals surface area contributed by atoms with Crippen molar-refractivity contribution in [3.8, 4) is 0 Å². The number of nitrogen functional groups attached to an aromatic ring is 1. The second-order valence-electron chi connectivity index (χ2n) is 8.02. The second-order valence-corrected chi connectivity index (χ2v) is 8.02. The van der Waals surface area contributed by atoms with E-state index >= 15 is 0 Å². The highest BCUT2D eigenvalue weighted by Gasteiger charge is 2.30. The molecule has 1 aromatic rings. The number of rotatable bonds is 2. The van der Waals surface area contributed by atoms with Crippen molar-refractivity contribution >= 4 is 17.7 Å². The predicted molar refractivity (Wildman–Crippen MR) is 101 cm³/mol. The van der Waals surface area contributed by atoms with Crippen LogP contribution in [0.1, 0.15) is 33.6 Å². The summed E-state index contributed by atoms with van der Waals surface area (Å²) in [7, 11) is 0. The SMILES string of the molecule is CC(C)(C)OC(=O)N1CCN(C2CCN(c3cnc(N)cn3)CC2)CC1. The fourth-order valence-electron chi connectivity index (χ4n) is 3.55. The number of nitrogens with zero attached hydrogens (tertiary/aromatic N) is 5. The third-order valence-corrected chi connectivity index (χ3v) is 4.93. The summed E-state index contributed by atoms with van der Waals surface area (Å²) in [6.07, 6.45) is 5.35. The Morgan fingerprint density at radius 2 is 1.73 bits per heavy atom. The summed E-state index contributed by atoms with van der Waals surface area (Å²) in [6.45, 7) is 10.9. The van der Waals surface area contributed by atoms with Gasteiger partial charge in [0.2, 0.25) is 0 Å². The monoisotopic (exact) mass is 362 g/mol. The molecule has 0 bridgehead atoms. The summed E-state index contributed by atoms with van der Waals surface area (Å²) in [6, 6.07) is 0.564. The minimum Gasteiger partial charge on any atom is -0.444 e. The topological polar surface area (TPSA) is 87.8 Å². The molecule has 0 aromatic carbocycles. The number of nitrogens with two attached hydrogens (primary N) is 1. The van der Waals surface area contributed by atoms with E-state index in [0.29, 0.717) is 11.9 Å². The van der Waals surface area contributed by atoms with Crippen LogP contribution in [-0.4, -0.2) is 76.8 Å². The van der Waals surface area contributed by atoms with Crippen molar-refractivity contribution < 1.29 is 9.53 Å². The summed E-state index contributed by atoms with van der Waals surface area (Å²) in [5.74, 6) is 1.35. The van der Waals surface area contributed by atoms with Crippen molar-refractivity contribution in [1.82, 2.24) is 19.8 Å². The molecule has 26 heavy (non-hydrogen) atoms. The van der Waals surface area contributed by atoms with Gasteiger partial charge >= 0.3 is 6.09 Å². The maximum Gasteiger partial charge on any atom is 0.410 e. The molecule has 1 amide bonds. The van der Waals surface area contributed by atoms with Crippen molar-refractivity contribution in [2.45, 2.75) is 45.3 Å². The van der Waals surface area contributed by atoms with E-state index in [2.05, 4.69) is 19.8 Å². The summed E-state index contributed by atoms with van der Waals surface area (Å²) in [5.41, 5.74) is 5.17. The molecule has 3 rings (SSSR count). The number of piperazine rings is 1. The van der Waals surface area contributed by atoms with Crippen LogP contribution in [0.5, 0.6) is 0 Å². The predicted octanol–water partition coefficient (Wildman–Crippen LogP) is 1.58. The van der Waals surface area contributed by atoms with Crippen LogP contribution in [0.25, 0.3) is 0 Å². The van der Waals surface area contributed by atoms with Crippen molar-refractivity contribution in [3.63, 3.8) is 0 Å². The molecule has 3 heterocycles. The van der Waals surface area contributed by atoms with Crippen LogP contribution in [0.2, 0.25) is 0 Å². The van der Waals surface area contributed by atoms with E-state index in [0.717, 1.165) is 57.9 Å². The minimum absolute atomic E-state index is 0.200. The summed E-state index contributed by atoms with van der Waals surface area (Å²) in [4.78, 5) is 27.3. The Hall–Kier alpha value is -2.09. The van der Waals surface area contributed by atoms with E-state index in [9.17, 15) is 4.79 Å². The largest absolute Gasteiger partial charge is 0.444 e. The van der Waals surface area contributed by atoms with Crippen LogP contribution in [-0.2, 0) is 4.74 Å². The number of carbonyl (C=O) groups excluding carboxylic acids is 1. The lowest BCUT2D eigenvalue weighted by atomic mass is 10.0. The molecule has 0 radical (unpaired) electrons. The lowest BCUT2D eigenvalue weighted by Crippen LogP contribution is -2.55. The number of hydrogen-bond donors (Lipinski definition) is 1. The maximum absolute atomic E-state index is 12.2. The van der Waals surface area contributed by atoms with Crippen LogP contribution in [0.3, 0.4) is 0 Å². The quantitative estimate of drug-likeness (QED) is 0.854. The van der Waals surface area contributed by atoms with Gasteiger partial charge in [-0.2, -0.15) is 0 Å². The van der Waals surface area contributed by atoms with Gasteiger partial charge in [-0.1, -0.05) is 0 Å². The standard InChI is InChI=1S/C18H30N6O2/c1-18(2,3)26-17(25)24-10-8-22(9-11-24)14-4-6-23(7-5-14)16-13-20-15(19)12-21-16/h12-14H,4-11H2,1-3H3,(H2,19,20). The fourth-order valence-corrected chi connectivity index (χ4v) is 3.55. The van der Waals surface area contributed by atoms with E-state index in [-0.39, 0.29) is 6.09 Å². The lowest BCUT2D eigenvalue weighted by Gasteiger charge is -2.43. The first-order chi connectivity index (χ1) is 12.3. The average molecular weight is 362 g/mol. The molecular weight excluding hydrogens is 332 g/mol. The Morgan fingerprint density at radius 1 is 1.08 bits per heavy atom. The molecule has 0 atom stereocenters. The molecule has 2 aliphatic rings. The summed E-state index contributed by atoms with van der Waals surface area (Å²) in [5, 5.41) is 0. The van der Waals surface area contributed by atoms with Crippen LogP contribution in [0.4, 0.5) is 16.4 Å². The highest BCUT2D eigenvalue weighted by Crippen LogP contribution is 2.22. The first kappa shape index (κ1) is 18.7. The zero-order chi connectivity index (χ0) is 18.7. The molecule has 8 nitrogen and oxygen atoms in total. The van der Waals surface area contributed by atoms with Crippen LogP contribution in [0.15, 0.2) is 12.4 Å². The molecule has 8 heteroatoms. The number of aromatic nitrogens is 2. The van der Waals surface area contributed by atoms with Gasteiger partial charge < -0.3 is 20.3 Å². The first-order valence-corrected chi connectivity index (χ1v) is 9.36. The molecular formula is C18H30N6O2. The van der Waals surface area contributed by atoms with Gasteiger partial charge in [0.05, 0.1) is 12.4 Å². The Labute approximate surface area is 155 Å². The smallest absolute Gasteiger partial charge is 0.410 e. The summed E-state index contributed by atoms with van der Waals surface area (Å²) >= 11 is 0. The van der Waals surface area contributed by atoms with Crippen molar-refractivity contribution in [2.24, 2.45) is 0 Å². The van der Waals surface area contributed by atoms with E-state index in [1.165, 1.54) is 0 Å². The second kappa shape index (κ2) is 7.65. The van der Waals surface area contributed by atoms with Gasteiger partial charge in [-0.25, -0.2) is 14.8 Å². The van der Waals surface area contributed by atoms with Crippen LogP contribution >= 0.6 is 0 Å². The molecule has 2 saturated heterocycles. The van der Waals surface area contributed by atoms with Crippen LogP contribution in [0, 0.1) is 0 Å². The first-order valence-electron chi connectivity index (χ1n) is 9.36. The van der Waals surface area contributed by atoms with Crippen molar-refractivity contribution in [3.05, 3.63) is 12.4 Å². The molecule has 1 aromatic heterocycles. The number of ether oxygens (including phenoxy) is 1. The molecule has 0 spiro atoms. The Morgan fingerprint density at radius 3 is 2.27 bits per heavy atom. The summed E-state index contributed by atoms with van der Waals surface area (Å²) < 4.78 is 5.47. The maximum atomic E-state index is 12.2. The molecule has 144 valence electrons. The van der Waals surface area contributed by atoms with Crippen molar-refractivity contribution in [2.75, 3.05) is 49.9 Å². The van der Waals surface area contributed by atoms with Gasteiger partial charge in [-0.3, -0.25) is 4.90 Å². The van der Waals surface area contributed by atoms with E-state index < -0.39 is 5.60 Å². The Bertz CT molecular complexity index is 599. The third-order valence-electron chi connectivity index (χ3n) is 4.93. The normalized spacial score (nSPS) is 20.3.